The molecule has 0 fully saturated rings. The number of ether oxygens (including phenoxy) is 1. The quantitative estimate of drug-likeness (QED) is 0.702. The second-order valence-corrected chi connectivity index (χ2v) is 4.38. The number of benzene rings is 2. The number of nitrogens with zero attached hydrogens (tertiary/aromatic N) is 1. The van der Waals surface area contributed by atoms with Crippen LogP contribution in [0.15, 0.2) is 42.5 Å². The predicted octanol–water partition coefficient (Wildman–Crippen LogP) is 3.50. The molecule has 3 aromatic rings. The van der Waals surface area contributed by atoms with Gasteiger partial charge in [0.1, 0.15) is 5.75 Å². The number of H-pyrrole nitrogens is 1. The summed E-state index contributed by atoms with van der Waals surface area (Å²) in [5, 5.41) is 0. The lowest BCUT2D eigenvalue weighted by Crippen LogP contribution is -1.91. The number of aryl methyl sites for hydroxylation is 1. The van der Waals surface area contributed by atoms with Crippen molar-refractivity contribution in [2.75, 3.05) is 5.73 Å². The van der Waals surface area contributed by atoms with Crippen LogP contribution in [0.25, 0.3) is 11.0 Å². The second-order valence-electron chi connectivity index (χ2n) is 4.38. The third kappa shape index (κ3) is 2.25. The van der Waals surface area contributed by atoms with Crippen molar-refractivity contribution in [3.05, 3.63) is 48.0 Å². The van der Waals surface area contributed by atoms with Crippen molar-refractivity contribution in [3.63, 3.8) is 0 Å². The molecular formula is C15H15N3O. The average Bonchev–Trinajstić information content (AvgIpc) is 2.80. The first-order valence-corrected chi connectivity index (χ1v) is 6.27. The summed E-state index contributed by atoms with van der Waals surface area (Å²) in [6.07, 6.45) is 0.920. The summed E-state index contributed by atoms with van der Waals surface area (Å²) in [5.41, 5.74) is 9.33. The highest BCUT2D eigenvalue weighted by Crippen LogP contribution is 2.26. The van der Waals surface area contributed by atoms with Crippen molar-refractivity contribution in [2.24, 2.45) is 0 Å². The van der Waals surface area contributed by atoms with Gasteiger partial charge in [0.05, 0.1) is 11.0 Å². The molecule has 0 aliphatic heterocycles. The van der Waals surface area contributed by atoms with Gasteiger partial charge >= 0.3 is 0 Å². The van der Waals surface area contributed by atoms with Gasteiger partial charge in [-0.3, -0.25) is 0 Å². The van der Waals surface area contributed by atoms with Gasteiger partial charge in [-0.25, -0.2) is 0 Å². The first kappa shape index (κ1) is 11.6. The average molecular weight is 253 g/mol. The van der Waals surface area contributed by atoms with Crippen LogP contribution in [-0.4, -0.2) is 9.97 Å². The van der Waals surface area contributed by atoms with Gasteiger partial charge in [0, 0.05) is 5.69 Å². The third-order valence-corrected chi connectivity index (χ3v) is 3.04. The molecule has 2 aromatic carbocycles. The topological polar surface area (TPSA) is 63.9 Å². The Morgan fingerprint density at radius 3 is 2.89 bits per heavy atom. The smallest absolute Gasteiger partial charge is 0.300 e. The number of hydrogen-bond donors (Lipinski definition) is 2. The molecule has 1 aromatic heterocycles. The van der Waals surface area contributed by atoms with Crippen LogP contribution in [0.2, 0.25) is 0 Å². The van der Waals surface area contributed by atoms with Gasteiger partial charge in [0.15, 0.2) is 0 Å². The summed E-state index contributed by atoms with van der Waals surface area (Å²) in [7, 11) is 0. The first-order chi connectivity index (χ1) is 9.26. The maximum absolute atomic E-state index is 5.82. The number of aromatic amines is 1. The fraction of sp³-hybridized carbons (Fsp3) is 0.133. The van der Waals surface area contributed by atoms with E-state index in [2.05, 4.69) is 23.0 Å². The Bertz CT molecular complexity index is 718. The highest BCUT2D eigenvalue weighted by Gasteiger charge is 2.07. The standard InChI is InChI=1S/C15H15N3O/c1-2-10-5-3-4-6-14(10)19-15-17-12-8-7-11(16)9-13(12)18-15/h3-9H,2,16H2,1H3,(H,17,18). The fourth-order valence-electron chi connectivity index (χ4n) is 2.05. The minimum absolute atomic E-state index is 0.488. The van der Waals surface area contributed by atoms with Crippen LogP contribution in [0, 0.1) is 0 Å². The molecule has 3 N–H and O–H groups in total. The van der Waals surface area contributed by atoms with Gasteiger partial charge < -0.3 is 15.5 Å². The van der Waals surface area contributed by atoms with Crippen LogP contribution < -0.4 is 10.5 Å². The van der Waals surface area contributed by atoms with E-state index >= 15 is 0 Å². The third-order valence-electron chi connectivity index (χ3n) is 3.04. The number of nitrogens with one attached hydrogen (secondary N) is 1. The lowest BCUT2D eigenvalue weighted by atomic mass is 10.1. The Morgan fingerprint density at radius 2 is 2.05 bits per heavy atom. The summed E-state index contributed by atoms with van der Waals surface area (Å²) in [6.45, 7) is 2.10. The Morgan fingerprint density at radius 1 is 1.21 bits per heavy atom. The molecular weight excluding hydrogens is 238 g/mol. The number of para-hydroxylation sites is 1. The van der Waals surface area contributed by atoms with Crippen molar-refractivity contribution in [2.45, 2.75) is 13.3 Å². The predicted molar refractivity (Wildman–Crippen MR) is 76.4 cm³/mol. The number of hydrogen-bond acceptors (Lipinski definition) is 3. The molecule has 4 heteroatoms. The molecule has 0 aliphatic carbocycles. The molecule has 0 radical (unpaired) electrons. The van der Waals surface area contributed by atoms with Crippen molar-refractivity contribution in [1.82, 2.24) is 9.97 Å². The molecule has 4 nitrogen and oxygen atoms in total. The highest BCUT2D eigenvalue weighted by molar-refractivity contribution is 5.79. The number of nitrogens with two attached hydrogens (primary N) is 1. The van der Waals surface area contributed by atoms with Crippen molar-refractivity contribution < 1.29 is 4.74 Å². The zero-order valence-corrected chi connectivity index (χ0v) is 10.7. The van der Waals surface area contributed by atoms with E-state index in [0.29, 0.717) is 11.7 Å². The minimum Gasteiger partial charge on any atom is -0.425 e. The molecule has 0 amide bonds. The van der Waals surface area contributed by atoms with Crippen molar-refractivity contribution in [1.29, 1.82) is 0 Å². The molecule has 0 aliphatic rings. The number of imidazole rings is 1. The fourth-order valence-corrected chi connectivity index (χ4v) is 2.05. The van der Waals surface area contributed by atoms with Crippen molar-refractivity contribution in [3.8, 4) is 11.8 Å². The van der Waals surface area contributed by atoms with Crippen LogP contribution in [0.5, 0.6) is 11.8 Å². The first-order valence-electron chi connectivity index (χ1n) is 6.27. The van der Waals surface area contributed by atoms with Gasteiger partial charge in [-0.2, -0.15) is 4.98 Å². The zero-order valence-electron chi connectivity index (χ0n) is 10.7. The van der Waals surface area contributed by atoms with E-state index in [9.17, 15) is 0 Å². The summed E-state index contributed by atoms with van der Waals surface area (Å²) in [5.74, 6) is 0.831. The van der Waals surface area contributed by atoms with Crippen LogP contribution in [0.1, 0.15) is 12.5 Å². The lowest BCUT2D eigenvalue weighted by molar-refractivity contribution is 0.444. The van der Waals surface area contributed by atoms with Gasteiger partial charge in [-0.05, 0) is 36.2 Å². The Kier molecular flexibility index (Phi) is 2.83. The van der Waals surface area contributed by atoms with Gasteiger partial charge in [0.2, 0.25) is 0 Å². The summed E-state index contributed by atoms with van der Waals surface area (Å²) in [6, 6.07) is 14.0. The summed E-state index contributed by atoms with van der Waals surface area (Å²) >= 11 is 0. The molecule has 0 atom stereocenters. The number of fused-ring (bicyclic) bond motifs is 1. The highest BCUT2D eigenvalue weighted by atomic mass is 16.5. The maximum Gasteiger partial charge on any atom is 0.300 e. The molecule has 19 heavy (non-hydrogen) atoms. The molecule has 0 spiro atoms. The largest absolute Gasteiger partial charge is 0.425 e. The van der Waals surface area contributed by atoms with Crippen LogP contribution >= 0.6 is 0 Å². The number of aromatic nitrogens is 2. The van der Waals surface area contributed by atoms with E-state index in [1.807, 2.05) is 36.4 Å². The number of nitrogen functional groups attached to an aromatic ring is 1. The van der Waals surface area contributed by atoms with E-state index in [1.54, 1.807) is 0 Å². The minimum atomic E-state index is 0.488. The summed E-state index contributed by atoms with van der Waals surface area (Å²) in [4.78, 5) is 7.51. The molecule has 0 bridgehead atoms. The molecule has 0 saturated carbocycles. The van der Waals surface area contributed by atoms with Gasteiger partial charge in [-0.15, -0.1) is 0 Å². The maximum atomic E-state index is 5.82. The molecule has 3 rings (SSSR count). The Hall–Kier alpha value is -2.49. The normalized spacial score (nSPS) is 10.8. The SMILES string of the molecule is CCc1ccccc1Oc1nc2ccc(N)cc2[nH]1. The van der Waals surface area contributed by atoms with Gasteiger partial charge in [-0.1, -0.05) is 25.1 Å². The molecule has 0 unspecified atom stereocenters. The lowest BCUT2D eigenvalue weighted by Gasteiger charge is -2.06. The van der Waals surface area contributed by atoms with Crippen LogP contribution in [-0.2, 0) is 6.42 Å². The van der Waals surface area contributed by atoms with E-state index in [1.165, 1.54) is 0 Å². The molecule has 0 saturated heterocycles. The molecule has 96 valence electrons. The summed E-state index contributed by atoms with van der Waals surface area (Å²) < 4.78 is 5.82. The van der Waals surface area contributed by atoms with Crippen LogP contribution in [0.3, 0.4) is 0 Å². The van der Waals surface area contributed by atoms with E-state index in [-0.39, 0.29) is 0 Å². The monoisotopic (exact) mass is 253 g/mol. The van der Waals surface area contributed by atoms with Crippen LogP contribution in [0.4, 0.5) is 5.69 Å². The zero-order chi connectivity index (χ0) is 13.2. The molecule has 1 heterocycles. The van der Waals surface area contributed by atoms with E-state index in [0.717, 1.165) is 28.8 Å². The number of anilines is 1. The van der Waals surface area contributed by atoms with Gasteiger partial charge in [0.25, 0.3) is 6.01 Å². The number of rotatable bonds is 3. The Balaban J connectivity index is 1.96. The second kappa shape index (κ2) is 4.65. The van der Waals surface area contributed by atoms with Crippen molar-refractivity contribution >= 4 is 16.7 Å². The van der Waals surface area contributed by atoms with E-state index in [4.69, 9.17) is 10.5 Å². The van der Waals surface area contributed by atoms with E-state index < -0.39 is 0 Å². The Labute approximate surface area is 111 Å².